The summed E-state index contributed by atoms with van der Waals surface area (Å²) < 4.78 is 10.4. The fraction of sp³-hybridized carbons (Fsp3) is 0.786. The van der Waals surface area contributed by atoms with Crippen molar-refractivity contribution in [2.75, 3.05) is 52.5 Å². The van der Waals surface area contributed by atoms with E-state index in [1.165, 1.54) is 0 Å². The van der Waals surface area contributed by atoms with Gasteiger partial charge in [-0.15, -0.1) is 24.0 Å². The second-order valence-corrected chi connectivity index (χ2v) is 5.13. The molecule has 2 N–H and O–H groups in total. The van der Waals surface area contributed by atoms with Crippen molar-refractivity contribution in [1.29, 1.82) is 0 Å². The molecule has 0 saturated carbocycles. The van der Waals surface area contributed by atoms with Crippen LogP contribution in [-0.2, 0) is 11.2 Å². The van der Waals surface area contributed by atoms with Gasteiger partial charge in [-0.3, -0.25) is 9.89 Å². The van der Waals surface area contributed by atoms with Gasteiger partial charge in [0.05, 0.1) is 19.8 Å². The first kappa shape index (κ1) is 20.1. The van der Waals surface area contributed by atoms with Gasteiger partial charge in [-0.05, 0) is 13.8 Å². The minimum Gasteiger partial charge on any atom is -0.379 e. The molecule has 1 aliphatic rings. The van der Waals surface area contributed by atoms with E-state index >= 15 is 0 Å². The molecule has 0 spiro atoms. The Morgan fingerprint density at radius 1 is 1.30 bits per heavy atom. The Kier molecular flexibility index (Phi) is 10.1. The number of ether oxygens (including phenoxy) is 1. The Hall–Kier alpha value is -0.940. The molecule has 1 aliphatic heterocycles. The van der Waals surface area contributed by atoms with E-state index < -0.39 is 0 Å². The highest BCUT2D eigenvalue weighted by atomic mass is 127. The minimum atomic E-state index is 0. The average Bonchev–Trinajstić information content (AvgIpc) is 2.94. The maximum absolute atomic E-state index is 5.34. The normalized spacial score (nSPS) is 16.0. The molecule has 0 bridgehead atoms. The quantitative estimate of drug-likeness (QED) is 0.363. The lowest BCUT2D eigenvalue weighted by molar-refractivity contribution is 0.0394. The van der Waals surface area contributed by atoms with Gasteiger partial charge < -0.3 is 19.9 Å². The zero-order valence-corrected chi connectivity index (χ0v) is 16.2. The third kappa shape index (κ3) is 7.93. The van der Waals surface area contributed by atoms with E-state index in [1.807, 2.05) is 6.92 Å². The maximum Gasteiger partial charge on any atom is 0.228 e. The van der Waals surface area contributed by atoms with Gasteiger partial charge in [-0.2, -0.15) is 4.98 Å². The van der Waals surface area contributed by atoms with Crippen molar-refractivity contribution in [3.8, 4) is 0 Å². The molecular weight excluding hydrogens is 411 g/mol. The Morgan fingerprint density at radius 2 is 2.09 bits per heavy atom. The van der Waals surface area contributed by atoms with Gasteiger partial charge in [0, 0.05) is 39.1 Å². The number of morpholine rings is 1. The van der Waals surface area contributed by atoms with Crippen LogP contribution in [0.3, 0.4) is 0 Å². The standard InChI is InChI=1S/C14H26N6O2.HI/c1-3-15-14(16-5-4-13-18-12(2)19-22-13)17-6-7-20-8-10-21-11-9-20;/h3-11H2,1-2H3,(H2,15,16,17);1H. The van der Waals surface area contributed by atoms with E-state index in [1.54, 1.807) is 0 Å². The minimum absolute atomic E-state index is 0. The summed E-state index contributed by atoms with van der Waals surface area (Å²) in [4.78, 5) is 11.1. The average molecular weight is 438 g/mol. The first-order valence-electron chi connectivity index (χ1n) is 7.89. The molecule has 1 saturated heterocycles. The number of aliphatic imine (C=N–C) groups is 1. The first-order valence-corrected chi connectivity index (χ1v) is 7.89. The highest BCUT2D eigenvalue weighted by Gasteiger charge is 2.09. The molecule has 9 heteroatoms. The van der Waals surface area contributed by atoms with Crippen LogP contribution in [0, 0.1) is 6.92 Å². The third-order valence-electron chi connectivity index (χ3n) is 3.34. The van der Waals surface area contributed by atoms with E-state index in [9.17, 15) is 0 Å². The Morgan fingerprint density at radius 3 is 2.74 bits per heavy atom. The van der Waals surface area contributed by atoms with Crippen molar-refractivity contribution in [3.05, 3.63) is 11.7 Å². The molecule has 2 heterocycles. The van der Waals surface area contributed by atoms with Crippen LogP contribution < -0.4 is 10.6 Å². The van der Waals surface area contributed by atoms with E-state index in [-0.39, 0.29) is 24.0 Å². The van der Waals surface area contributed by atoms with Gasteiger partial charge in [0.25, 0.3) is 0 Å². The second kappa shape index (κ2) is 11.6. The first-order chi connectivity index (χ1) is 10.8. The van der Waals surface area contributed by atoms with Crippen LogP contribution in [0.2, 0.25) is 0 Å². The van der Waals surface area contributed by atoms with Gasteiger partial charge in [0.1, 0.15) is 0 Å². The molecule has 1 fully saturated rings. The Balaban J connectivity index is 0.00000264. The predicted molar refractivity (Wildman–Crippen MR) is 99.4 cm³/mol. The van der Waals surface area contributed by atoms with Crippen molar-refractivity contribution in [2.45, 2.75) is 20.3 Å². The summed E-state index contributed by atoms with van der Waals surface area (Å²) in [6, 6.07) is 0. The lowest BCUT2D eigenvalue weighted by Crippen LogP contribution is -2.40. The monoisotopic (exact) mass is 438 g/mol. The number of nitrogens with zero attached hydrogens (tertiary/aromatic N) is 4. The van der Waals surface area contributed by atoms with Gasteiger partial charge >= 0.3 is 0 Å². The number of aryl methyl sites for hydroxylation is 1. The fourth-order valence-electron chi connectivity index (χ4n) is 2.20. The summed E-state index contributed by atoms with van der Waals surface area (Å²) in [5, 5.41) is 10.3. The molecule has 0 unspecified atom stereocenters. The second-order valence-electron chi connectivity index (χ2n) is 5.13. The number of hydrogen-bond donors (Lipinski definition) is 2. The van der Waals surface area contributed by atoms with Gasteiger partial charge in [0.2, 0.25) is 5.89 Å². The van der Waals surface area contributed by atoms with Crippen LogP contribution in [0.1, 0.15) is 18.6 Å². The van der Waals surface area contributed by atoms with Crippen molar-refractivity contribution >= 4 is 29.9 Å². The Bertz CT molecular complexity index is 462. The van der Waals surface area contributed by atoms with E-state index in [4.69, 9.17) is 9.26 Å². The molecule has 8 nitrogen and oxygen atoms in total. The Labute approximate surface area is 154 Å². The van der Waals surface area contributed by atoms with Crippen LogP contribution in [0.15, 0.2) is 9.52 Å². The van der Waals surface area contributed by atoms with Crippen molar-refractivity contribution in [3.63, 3.8) is 0 Å². The summed E-state index contributed by atoms with van der Waals surface area (Å²) in [7, 11) is 0. The molecule has 1 aromatic rings. The van der Waals surface area contributed by atoms with Crippen molar-refractivity contribution < 1.29 is 9.26 Å². The van der Waals surface area contributed by atoms with Crippen molar-refractivity contribution in [1.82, 2.24) is 25.7 Å². The van der Waals surface area contributed by atoms with Gasteiger partial charge in [-0.25, -0.2) is 0 Å². The maximum atomic E-state index is 5.34. The molecule has 0 aliphatic carbocycles. The molecule has 1 aromatic heterocycles. The molecule has 0 amide bonds. The van der Waals surface area contributed by atoms with Crippen LogP contribution in [0.25, 0.3) is 0 Å². The molecule has 0 aromatic carbocycles. The molecule has 132 valence electrons. The summed E-state index contributed by atoms with van der Waals surface area (Å²) in [6.07, 6.45) is 0.689. The topological polar surface area (TPSA) is 87.8 Å². The van der Waals surface area contributed by atoms with Gasteiger partial charge in [0.15, 0.2) is 11.8 Å². The number of aromatic nitrogens is 2. The highest BCUT2D eigenvalue weighted by Crippen LogP contribution is 1.96. The predicted octanol–water partition coefficient (Wildman–Crippen LogP) is 0.426. The van der Waals surface area contributed by atoms with Crippen LogP contribution in [0.5, 0.6) is 0 Å². The van der Waals surface area contributed by atoms with E-state index in [0.29, 0.717) is 24.7 Å². The molecule has 2 rings (SSSR count). The van der Waals surface area contributed by atoms with Crippen LogP contribution in [0.4, 0.5) is 0 Å². The lowest BCUT2D eigenvalue weighted by atomic mass is 10.4. The van der Waals surface area contributed by atoms with E-state index in [2.05, 4.69) is 37.6 Å². The lowest BCUT2D eigenvalue weighted by Gasteiger charge is -2.25. The number of rotatable bonds is 7. The largest absolute Gasteiger partial charge is 0.379 e. The summed E-state index contributed by atoms with van der Waals surface area (Å²) in [5.74, 6) is 2.14. The summed E-state index contributed by atoms with van der Waals surface area (Å²) in [6.45, 7) is 10.8. The van der Waals surface area contributed by atoms with Gasteiger partial charge in [-0.1, -0.05) is 5.16 Å². The number of guanidine groups is 1. The third-order valence-corrected chi connectivity index (χ3v) is 3.34. The highest BCUT2D eigenvalue weighted by molar-refractivity contribution is 14.0. The zero-order valence-electron chi connectivity index (χ0n) is 13.9. The van der Waals surface area contributed by atoms with E-state index in [0.717, 1.165) is 51.9 Å². The van der Waals surface area contributed by atoms with Crippen molar-refractivity contribution in [2.24, 2.45) is 4.99 Å². The van der Waals surface area contributed by atoms with Crippen LogP contribution in [-0.4, -0.2) is 73.5 Å². The molecule has 0 atom stereocenters. The summed E-state index contributed by atoms with van der Waals surface area (Å²) in [5.41, 5.74) is 0. The summed E-state index contributed by atoms with van der Waals surface area (Å²) >= 11 is 0. The number of nitrogens with one attached hydrogen (secondary N) is 2. The fourth-order valence-corrected chi connectivity index (χ4v) is 2.20. The smallest absolute Gasteiger partial charge is 0.228 e. The SMILES string of the molecule is CCNC(=NCCN1CCOCC1)NCCc1nc(C)no1.I. The number of halogens is 1. The molecular formula is C14H27IN6O2. The number of hydrogen-bond acceptors (Lipinski definition) is 6. The zero-order chi connectivity index (χ0) is 15.6. The molecule has 0 radical (unpaired) electrons. The molecule has 23 heavy (non-hydrogen) atoms. The van der Waals surface area contributed by atoms with Crippen LogP contribution >= 0.6 is 24.0 Å².